The molecule has 132 valence electrons. The first-order valence-electron chi connectivity index (χ1n) is 8.90. The average Bonchev–Trinajstić information content (AvgIpc) is 2.44. The largest absolute Gasteiger partial charge is 0.342 e. The predicted octanol–water partition coefficient (Wildman–Crippen LogP) is 1.81. The highest BCUT2D eigenvalue weighted by Crippen LogP contribution is 2.38. The van der Waals surface area contributed by atoms with Crippen molar-refractivity contribution in [2.24, 2.45) is 17.3 Å². The fraction of sp³-hybridized carbons (Fsp3) is 0.941. The van der Waals surface area contributed by atoms with Crippen LogP contribution in [0.1, 0.15) is 33.1 Å². The van der Waals surface area contributed by atoms with E-state index in [1.165, 1.54) is 0 Å². The van der Waals surface area contributed by atoms with Gasteiger partial charge in [-0.25, -0.2) is 8.78 Å². The molecule has 0 saturated carbocycles. The Balaban J connectivity index is 1.49. The van der Waals surface area contributed by atoms with Crippen LogP contribution in [0.3, 0.4) is 0 Å². The normalized spacial score (nSPS) is 30.5. The van der Waals surface area contributed by atoms with E-state index in [4.69, 9.17) is 0 Å². The van der Waals surface area contributed by atoms with Gasteiger partial charge in [-0.2, -0.15) is 0 Å². The molecule has 0 radical (unpaired) electrons. The Hall–Kier alpha value is -0.750. The van der Waals surface area contributed by atoms with E-state index in [9.17, 15) is 13.6 Å². The average molecular weight is 329 g/mol. The highest BCUT2D eigenvalue weighted by atomic mass is 19.3. The standard InChI is InChI=1S/C17H29F2N3O/c1-13(2)14-3-6-21(12-17(14,18)19)9-15(23)22-7-4-16(5-8-22)10-20-11-16/h13-14,20H,3-12H2,1-2H3. The fourth-order valence-electron chi connectivity index (χ4n) is 4.34. The van der Waals surface area contributed by atoms with E-state index >= 15 is 0 Å². The summed E-state index contributed by atoms with van der Waals surface area (Å²) in [6.07, 6.45) is 2.56. The maximum absolute atomic E-state index is 14.2. The predicted molar refractivity (Wildman–Crippen MR) is 85.4 cm³/mol. The van der Waals surface area contributed by atoms with Crippen molar-refractivity contribution in [3.05, 3.63) is 0 Å². The van der Waals surface area contributed by atoms with Crippen molar-refractivity contribution in [2.45, 2.75) is 39.0 Å². The molecule has 1 amide bonds. The number of nitrogens with one attached hydrogen (secondary N) is 1. The van der Waals surface area contributed by atoms with Crippen LogP contribution in [0.4, 0.5) is 8.78 Å². The molecule has 1 spiro atoms. The third kappa shape index (κ3) is 3.53. The lowest BCUT2D eigenvalue weighted by Gasteiger charge is -2.48. The molecule has 3 aliphatic rings. The van der Waals surface area contributed by atoms with Crippen molar-refractivity contribution in [3.63, 3.8) is 0 Å². The van der Waals surface area contributed by atoms with Gasteiger partial charge in [0, 0.05) is 32.1 Å². The van der Waals surface area contributed by atoms with Crippen LogP contribution in [-0.4, -0.2) is 67.4 Å². The molecule has 3 rings (SSSR count). The molecule has 0 aromatic carbocycles. The first-order chi connectivity index (χ1) is 10.8. The molecule has 1 N–H and O–H groups in total. The van der Waals surface area contributed by atoms with Gasteiger partial charge >= 0.3 is 0 Å². The second-order valence-corrected chi connectivity index (χ2v) is 8.10. The number of amides is 1. The number of nitrogens with zero attached hydrogens (tertiary/aromatic N) is 2. The van der Waals surface area contributed by atoms with Gasteiger partial charge in [-0.15, -0.1) is 0 Å². The summed E-state index contributed by atoms with van der Waals surface area (Å²) < 4.78 is 28.5. The number of likely N-dealkylation sites (tertiary alicyclic amines) is 2. The zero-order valence-corrected chi connectivity index (χ0v) is 14.3. The Kier molecular flexibility index (Phi) is 4.67. The number of piperidine rings is 2. The summed E-state index contributed by atoms with van der Waals surface area (Å²) in [6.45, 7) is 7.87. The van der Waals surface area contributed by atoms with Gasteiger partial charge in [-0.05, 0) is 37.1 Å². The van der Waals surface area contributed by atoms with Crippen LogP contribution in [0.2, 0.25) is 0 Å². The summed E-state index contributed by atoms with van der Waals surface area (Å²) in [5.74, 6) is -3.24. The summed E-state index contributed by atoms with van der Waals surface area (Å²) in [4.78, 5) is 16.0. The first-order valence-corrected chi connectivity index (χ1v) is 8.90. The number of hydrogen-bond donors (Lipinski definition) is 1. The molecule has 3 aliphatic heterocycles. The second-order valence-electron chi connectivity index (χ2n) is 8.10. The monoisotopic (exact) mass is 329 g/mol. The minimum absolute atomic E-state index is 0.0165. The van der Waals surface area contributed by atoms with Crippen LogP contribution in [0.15, 0.2) is 0 Å². The molecular formula is C17H29F2N3O. The van der Waals surface area contributed by atoms with Crippen molar-refractivity contribution >= 4 is 5.91 Å². The zero-order chi connectivity index (χ0) is 16.7. The summed E-state index contributed by atoms with van der Waals surface area (Å²) in [6, 6.07) is 0. The van der Waals surface area contributed by atoms with Crippen LogP contribution in [0.5, 0.6) is 0 Å². The molecule has 3 saturated heterocycles. The third-order valence-corrected chi connectivity index (χ3v) is 6.07. The van der Waals surface area contributed by atoms with Crippen LogP contribution in [0, 0.1) is 17.3 Å². The Morgan fingerprint density at radius 1 is 1.22 bits per heavy atom. The molecule has 1 atom stereocenters. The van der Waals surface area contributed by atoms with Crippen molar-refractivity contribution in [1.82, 2.24) is 15.1 Å². The van der Waals surface area contributed by atoms with Crippen LogP contribution >= 0.6 is 0 Å². The van der Waals surface area contributed by atoms with Gasteiger partial charge in [0.15, 0.2) is 0 Å². The molecule has 0 aromatic rings. The van der Waals surface area contributed by atoms with Gasteiger partial charge in [-0.1, -0.05) is 13.8 Å². The number of rotatable bonds is 3. The SMILES string of the molecule is CC(C)C1CCN(CC(=O)N2CCC3(CC2)CNC3)CC1(F)F. The van der Waals surface area contributed by atoms with Gasteiger partial charge < -0.3 is 10.2 Å². The molecule has 0 bridgehead atoms. The van der Waals surface area contributed by atoms with Crippen molar-refractivity contribution in [2.75, 3.05) is 45.8 Å². The number of halogens is 2. The number of alkyl halides is 2. The van der Waals surface area contributed by atoms with E-state index in [2.05, 4.69) is 5.32 Å². The molecular weight excluding hydrogens is 300 g/mol. The highest BCUT2D eigenvalue weighted by Gasteiger charge is 2.46. The molecule has 0 aromatic heterocycles. The highest BCUT2D eigenvalue weighted by molar-refractivity contribution is 5.78. The fourth-order valence-corrected chi connectivity index (χ4v) is 4.34. The lowest BCUT2D eigenvalue weighted by Crippen LogP contribution is -2.59. The number of hydrogen-bond acceptors (Lipinski definition) is 3. The van der Waals surface area contributed by atoms with Crippen molar-refractivity contribution in [1.29, 1.82) is 0 Å². The quantitative estimate of drug-likeness (QED) is 0.858. The minimum Gasteiger partial charge on any atom is -0.342 e. The van der Waals surface area contributed by atoms with Gasteiger partial charge in [0.2, 0.25) is 5.91 Å². The first kappa shape index (κ1) is 17.1. The van der Waals surface area contributed by atoms with E-state index in [-0.39, 0.29) is 24.9 Å². The summed E-state index contributed by atoms with van der Waals surface area (Å²) in [5, 5.41) is 3.31. The molecule has 4 nitrogen and oxygen atoms in total. The third-order valence-electron chi connectivity index (χ3n) is 6.07. The lowest BCUT2D eigenvalue weighted by molar-refractivity contribution is -0.145. The van der Waals surface area contributed by atoms with Crippen LogP contribution in [-0.2, 0) is 4.79 Å². The van der Waals surface area contributed by atoms with E-state index in [1.54, 1.807) is 4.90 Å². The summed E-state index contributed by atoms with van der Waals surface area (Å²) in [5.41, 5.74) is 0.402. The Morgan fingerprint density at radius 2 is 1.87 bits per heavy atom. The van der Waals surface area contributed by atoms with E-state index in [0.29, 0.717) is 18.4 Å². The second kappa shape index (κ2) is 6.28. The van der Waals surface area contributed by atoms with E-state index in [1.807, 2.05) is 18.7 Å². The van der Waals surface area contributed by atoms with Gasteiger partial charge in [-0.3, -0.25) is 9.69 Å². The Bertz CT molecular complexity index is 441. The van der Waals surface area contributed by atoms with Crippen LogP contribution in [0.25, 0.3) is 0 Å². The van der Waals surface area contributed by atoms with Gasteiger partial charge in [0.25, 0.3) is 5.92 Å². The smallest absolute Gasteiger partial charge is 0.263 e. The van der Waals surface area contributed by atoms with Gasteiger partial charge in [0.05, 0.1) is 13.1 Å². The topological polar surface area (TPSA) is 35.6 Å². The molecule has 0 aliphatic carbocycles. The summed E-state index contributed by atoms with van der Waals surface area (Å²) in [7, 11) is 0. The maximum atomic E-state index is 14.2. The Morgan fingerprint density at radius 3 is 2.35 bits per heavy atom. The molecule has 23 heavy (non-hydrogen) atoms. The van der Waals surface area contributed by atoms with E-state index in [0.717, 1.165) is 39.0 Å². The lowest BCUT2D eigenvalue weighted by atomic mass is 9.73. The zero-order valence-electron chi connectivity index (χ0n) is 14.3. The molecule has 1 unspecified atom stereocenters. The van der Waals surface area contributed by atoms with Gasteiger partial charge in [0.1, 0.15) is 0 Å². The molecule has 3 fully saturated rings. The van der Waals surface area contributed by atoms with E-state index < -0.39 is 11.8 Å². The van der Waals surface area contributed by atoms with Crippen molar-refractivity contribution in [3.8, 4) is 0 Å². The molecule has 6 heteroatoms. The maximum Gasteiger partial charge on any atom is 0.263 e. The van der Waals surface area contributed by atoms with Crippen molar-refractivity contribution < 1.29 is 13.6 Å². The number of carbonyl (C=O) groups excluding carboxylic acids is 1. The van der Waals surface area contributed by atoms with Crippen LogP contribution < -0.4 is 5.32 Å². The molecule has 3 heterocycles. The minimum atomic E-state index is -2.68. The summed E-state index contributed by atoms with van der Waals surface area (Å²) >= 11 is 0. The Labute approximate surface area is 137 Å². The number of carbonyl (C=O) groups is 1.